The predicted octanol–water partition coefficient (Wildman–Crippen LogP) is 1.93. The summed E-state index contributed by atoms with van der Waals surface area (Å²) in [5.74, 6) is 0.779. The zero-order valence-corrected chi connectivity index (χ0v) is 7.66. The lowest BCUT2D eigenvalue weighted by Gasteiger charge is -2.07. The smallest absolute Gasteiger partial charge is 0.174 e. The average Bonchev–Trinajstić information content (AvgIpc) is 2.67. The Labute approximate surface area is 81.5 Å². The highest BCUT2D eigenvalue weighted by Crippen LogP contribution is 2.18. The van der Waals surface area contributed by atoms with Gasteiger partial charge in [-0.05, 0) is 0 Å². The Hall–Kier alpha value is -1.19. The molecule has 1 N–H and O–H groups in total. The number of nitrogens with zero attached hydrogens (tertiary/aromatic N) is 1. The fraction of sp³-hybridized carbons (Fsp3) is 0.111. The van der Waals surface area contributed by atoms with E-state index in [0.717, 1.165) is 11.3 Å². The molecule has 13 heavy (non-hydrogen) atoms. The molecular formula is C9H9ClN2O. The van der Waals surface area contributed by atoms with Crippen LogP contribution in [0.25, 0.3) is 5.76 Å². The number of rotatable bonds is 2. The molecule has 0 saturated carbocycles. The van der Waals surface area contributed by atoms with E-state index in [2.05, 4.69) is 5.59 Å². The molecule has 1 aliphatic heterocycles. The van der Waals surface area contributed by atoms with Crippen LogP contribution in [0.4, 0.5) is 0 Å². The summed E-state index contributed by atoms with van der Waals surface area (Å²) < 4.78 is 0. The number of hydrogen-bond donors (Lipinski definition) is 1. The van der Waals surface area contributed by atoms with Crippen LogP contribution in [0, 0.1) is 0 Å². The minimum absolute atomic E-state index is 0.357. The van der Waals surface area contributed by atoms with Crippen LogP contribution in [0.1, 0.15) is 5.56 Å². The average molecular weight is 197 g/mol. The maximum absolute atomic E-state index is 5.60. The normalized spacial score (nSPS) is 15.5. The van der Waals surface area contributed by atoms with Crippen LogP contribution in [0.3, 0.4) is 0 Å². The van der Waals surface area contributed by atoms with Crippen LogP contribution in [-0.4, -0.2) is 11.0 Å². The first-order valence-electron chi connectivity index (χ1n) is 3.92. The number of benzene rings is 1. The second kappa shape index (κ2) is 3.68. The summed E-state index contributed by atoms with van der Waals surface area (Å²) in [6, 6.07) is 10.2. The molecule has 0 aliphatic carbocycles. The van der Waals surface area contributed by atoms with Gasteiger partial charge >= 0.3 is 0 Å². The SMILES string of the molecule is ClCN1C=C(c2ccccc2)ON1. The van der Waals surface area contributed by atoms with Crippen molar-refractivity contribution in [3.63, 3.8) is 0 Å². The van der Waals surface area contributed by atoms with Crippen molar-refractivity contribution in [3.8, 4) is 0 Å². The van der Waals surface area contributed by atoms with E-state index in [4.69, 9.17) is 16.4 Å². The first kappa shape index (κ1) is 8.41. The molecule has 68 valence electrons. The van der Waals surface area contributed by atoms with Gasteiger partial charge in [-0.15, -0.1) is 11.6 Å². The highest BCUT2D eigenvalue weighted by molar-refractivity contribution is 6.17. The molecule has 0 atom stereocenters. The maximum Gasteiger partial charge on any atom is 0.174 e. The fourth-order valence-electron chi connectivity index (χ4n) is 1.10. The number of alkyl halides is 1. The molecule has 0 aromatic heterocycles. The van der Waals surface area contributed by atoms with Crippen LogP contribution in [-0.2, 0) is 4.84 Å². The highest BCUT2D eigenvalue weighted by Gasteiger charge is 2.13. The van der Waals surface area contributed by atoms with Gasteiger partial charge in [0.05, 0.1) is 6.20 Å². The van der Waals surface area contributed by atoms with Gasteiger partial charge < -0.3 is 4.84 Å². The maximum atomic E-state index is 5.60. The van der Waals surface area contributed by atoms with Gasteiger partial charge in [-0.3, -0.25) is 5.01 Å². The number of nitrogens with one attached hydrogen (secondary N) is 1. The zero-order valence-electron chi connectivity index (χ0n) is 6.90. The second-order valence-electron chi connectivity index (χ2n) is 2.64. The van der Waals surface area contributed by atoms with Crippen molar-refractivity contribution < 1.29 is 4.84 Å². The van der Waals surface area contributed by atoms with Crippen LogP contribution in [0.5, 0.6) is 0 Å². The molecular weight excluding hydrogens is 188 g/mol. The van der Waals surface area contributed by atoms with Gasteiger partial charge in [-0.25, -0.2) is 0 Å². The highest BCUT2D eigenvalue weighted by atomic mass is 35.5. The molecule has 2 rings (SSSR count). The zero-order chi connectivity index (χ0) is 9.10. The number of hydrogen-bond acceptors (Lipinski definition) is 3. The molecule has 0 unspecified atom stereocenters. The van der Waals surface area contributed by atoms with E-state index < -0.39 is 0 Å². The van der Waals surface area contributed by atoms with Crippen molar-refractivity contribution in [2.24, 2.45) is 0 Å². The van der Waals surface area contributed by atoms with Crippen molar-refractivity contribution in [1.29, 1.82) is 0 Å². The first-order valence-corrected chi connectivity index (χ1v) is 4.46. The van der Waals surface area contributed by atoms with Crippen LogP contribution >= 0.6 is 11.6 Å². The van der Waals surface area contributed by atoms with Crippen molar-refractivity contribution in [2.45, 2.75) is 0 Å². The summed E-state index contributed by atoms with van der Waals surface area (Å²) in [6.45, 7) is 0. The van der Waals surface area contributed by atoms with E-state index in [1.54, 1.807) is 5.01 Å². The molecule has 0 radical (unpaired) electrons. The Kier molecular flexibility index (Phi) is 2.38. The standard InChI is InChI=1S/C9H9ClN2O/c10-7-12-6-9(13-11-12)8-4-2-1-3-5-8/h1-6,11H,7H2. The van der Waals surface area contributed by atoms with Crippen molar-refractivity contribution in [3.05, 3.63) is 42.1 Å². The van der Waals surface area contributed by atoms with Crippen molar-refractivity contribution >= 4 is 17.4 Å². The van der Waals surface area contributed by atoms with Crippen LogP contribution < -0.4 is 5.59 Å². The molecule has 0 bridgehead atoms. The molecule has 0 saturated heterocycles. The molecule has 0 fully saturated rings. The lowest BCUT2D eigenvalue weighted by atomic mass is 10.2. The van der Waals surface area contributed by atoms with E-state index in [-0.39, 0.29) is 0 Å². The van der Waals surface area contributed by atoms with Crippen LogP contribution in [0.15, 0.2) is 36.5 Å². The largest absolute Gasteiger partial charge is 0.387 e. The Morgan fingerprint density at radius 2 is 2.08 bits per heavy atom. The molecule has 1 heterocycles. The van der Waals surface area contributed by atoms with E-state index in [1.807, 2.05) is 36.5 Å². The van der Waals surface area contributed by atoms with Crippen molar-refractivity contribution in [1.82, 2.24) is 10.6 Å². The Morgan fingerprint density at radius 3 is 2.69 bits per heavy atom. The Bertz CT molecular complexity index is 313. The summed E-state index contributed by atoms with van der Waals surface area (Å²) in [5, 5.41) is 1.66. The van der Waals surface area contributed by atoms with E-state index in [9.17, 15) is 0 Å². The lowest BCUT2D eigenvalue weighted by Crippen LogP contribution is -2.25. The predicted molar refractivity (Wildman–Crippen MR) is 51.2 cm³/mol. The van der Waals surface area contributed by atoms with Gasteiger partial charge in [0, 0.05) is 5.56 Å². The summed E-state index contributed by atoms with van der Waals surface area (Å²) in [5.41, 5.74) is 3.69. The van der Waals surface area contributed by atoms with Gasteiger partial charge in [0.2, 0.25) is 0 Å². The Morgan fingerprint density at radius 1 is 1.31 bits per heavy atom. The molecule has 1 aromatic carbocycles. The minimum Gasteiger partial charge on any atom is -0.387 e. The third-order valence-corrected chi connectivity index (χ3v) is 1.99. The second-order valence-corrected chi connectivity index (χ2v) is 2.88. The fourth-order valence-corrected chi connectivity index (χ4v) is 1.21. The quantitative estimate of drug-likeness (QED) is 0.578. The minimum atomic E-state index is 0.357. The van der Waals surface area contributed by atoms with Crippen molar-refractivity contribution in [2.75, 3.05) is 6.00 Å². The van der Waals surface area contributed by atoms with Gasteiger partial charge in [0.15, 0.2) is 5.76 Å². The molecule has 4 heteroatoms. The summed E-state index contributed by atoms with van der Waals surface area (Å²) in [4.78, 5) is 5.20. The summed E-state index contributed by atoms with van der Waals surface area (Å²) >= 11 is 5.60. The Balaban J connectivity index is 2.19. The van der Waals surface area contributed by atoms with Crippen LogP contribution in [0.2, 0.25) is 0 Å². The third-order valence-electron chi connectivity index (χ3n) is 1.73. The topological polar surface area (TPSA) is 24.5 Å². The number of halogens is 1. The monoisotopic (exact) mass is 196 g/mol. The molecule has 1 aromatic rings. The van der Waals surface area contributed by atoms with E-state index >= 15 is 0 Å². The lowest BCUT2D eigenvalue weighted by molar-refractivity contribution is 0.0597. The van der Waals surface area contributed by atoms with E-state index in [1.165, 1.54) is 0 Å². The summed E-state index contributed by atoms with van der Waals surface area (Å²) in [6.07, 6.45) is 1.82. The molecule has 3 nitrogen and oxygen atoms in total. The van der Waals surface area contributed by atoms with Gasteiger partial charge in [-0.1, -0.05) is 35.9 Å². The molecule has 0 spiro atoms. The molecule has 0 amide bonds. The van der Waals surface area contributed by atoms with E-state index in [0.29, 0.717) is 6.00 Å². The first-order chi connectivity index (χ1) is 6.40. The third kappa shape index (κ3) is 1.76. The summed E-state index contributed by atoms with van der Waals surface area (Å²) in [7, 11) is 0. The van der Waals surface area contributed by atoms with Gasteiger partial charge in [0.25, 0.3) is 0 Å². The number of hydrazine groups is 1. The van der Waals surface area contributed by atoms with Gasteiger partial charge in [-0.2, -0.15) is 0 Å². The van der Waals surface area contributed by atoms with Gasteiger partial charge in [0.1, 0.15) is 6.00 Å². The molecule has 1 aliphatic rings.